The topological polar surface area (TPSA) is 67.3 Å². The van der Waals surface area contributed by atoms with Crippen LogP contribution in [0.5, 0.6) is 0 Å². The molecule has 1 aromatic rings. The summed E-state index contributed by atoms with van der Waals surface area (Å²) in [5.41, 5.74) is 1.79. The van der Waals surface area contributed by atoms with Crippen molar-refractivity contribution < 1.29 is 5.11 Å². The Hall–Kier alpha value is -0.910. The molecule has 0 bridgehead atoms. The van der Waals surface area contributed by atoms with Gasteiger partial charge in [0.25, 0.3) is 0 Å². The number of aliphatic hydroxyl groups excluding tert-OH is 1. The Kier molecular flexibility index (Phi) is 2.07. The van der Waals surface area contributed by atoms with Gasteiger partial charge in [0.15, 0.2) is 0 Å². The summed E-state index contributed by atoms with van der Waals surface area (Å²) in [6.45, 7) is 3.56. The van der Waals surface area contributed by atoms with E-state index >= 15 is 0 Å². The Morgan fingerprint density at radius 2 is 2.54 bits per heavy atom. The van der Waals surface area contributed by atoms with E-state index in [2.05, 4.69) is 12.0 Å². The van der Waals surface area contributed by atoms with Crippen LogP contribution >= 0.6 is 0 Å². The highest BCUT2D eigenvalue weighted by Crippen LogP contribution is 2.14. The van der Waals surface area contributed by atoms with Gasteiger partial charge in [-0.3, -0.25) is 10.5 Å². The van der Waals surface area contributed by atoms with Gasteiger partial charge in [0.05, 0.1) is 31.1 Å². The molecule has 0 aliphatic carbocycles. The summed E-state index contributed by atoms with van der Waals surface area (Å²) in [7, 11) is 0. The standard InChI is InChI=1S/C8H14N4O/c1-6-3-12-8(4-11(6)9)2-7(5-13)10-12/h2,6,13H,3-5,9H2,1H3/t6-/m1/s1. The van der Waals surface area contributed by atoms with Gasteiger partial charge >= 0.3 is 0 Å². The first-order valence-corrected chi connectivity index (χ1v) is 4.38. The number of hydrogen-bond donors (Lipinski definition) is 2. The third-order valence-corrected chi connectivity index (χ3v) is 2.42. The van der Waals surface area contributed by atoms with Crippen LogP contribution in [0.3, 0.4) is 0 Å². The Morgan fingerprint density at radius 3 is 3.23 bits per heavy atom. The van der Waals surface area contributed by atoms with Crippen molar-refractivity contribution in [2.24, 2.45) is 5.84 Å². The zero-order chi connectivity index (χ0) is 9.42. The molecule has 5 nitrogen and oxygen atoms in total. The fourth-order valence-corrected chi connectivity index (χ4v) is 1.58. The lowest BCUT2D eigenvalue weighted by Crippen LogP contribution is -2.45. The average Bonchev–Trinajstić information content (AvgIpc) is 2.48. The van der Waals surface area contributed by atoms with Crippen molar-refractivity contribution in [3.05, 3.63) is 17.5 Å². The first-order valence-electron chi connectivity index (χ1n) is 4.38. The molecule has 1 aliphatic heterocycles. The minimum Gasteiger partial charge on any atom is -0.390 e. The second kappa shape index (κ2) is 3.10. The lowest BCUT2D eigenvalue weighted by molar-refractivity contribution is 0.147. The molecule has 0 fully saturated rings. The lowest BCUT2D eigenvalue weighted by atomic mass is 10.2. The van der Waals surface area contributed by atoms with Crippen molar-refractivity contribution in [3.63, 3.8) is 0 Å². The zero-order valence-corrected chi connectivity index (χ0v) is 7.64. The summed E-state index contributed by atoms with van der Waals surface area (Å²) in [4.78, 5) is 0. The third kappa shape index (κ3) is 1.46. The van der Waals surface area contributed by atoms with Gasteiger partial charge in [0, 0.05) is 6.04 Å². The van der Waals surface area contributed by atoms with Crippen LogP contribution in [0.15, 0.2) is 6.07 Å². The van der Waals surface area contributed by atoms with Crippen LogP contribution in [0.1, 0.15) is 18.3 Å². The molecule has 0 saturated carbocycles. The minimum atomic E-state index is -0.00104. The monoisotopic (exact) mass is 182 g/mol. The quantitative estimate of drug-likeness (QED) is 0.572. The number of hydrazine groups is 1. The molecule has 0 aromatic carbocycles. The molecule has 13 heavy (non-hydrogen) atoms. The van der Waals surface area contributed by atoms with Gasteiger partial charge in [-0.15, -0.1) is 0 Å². The normalized spacial score (nSPS) is 23.2. The third-order valence-electron chi connectivity index (χ3n) is 2.42. The van der Waals surface area contributed by atoms with Crippen LogP contribution in [0, 0.1) is 0 Å². The van der Waals surface area contributed by atoms with E-state index in [4.69, 9.17) is 10.9 Å². The van der Waals surface area contributed by atoms with Crippen LogP contribution in [-0.2, 0) is 19.7 Å². The molecule has 5 heteroatoms. The fourth-order valence-electron chi connectivity index (χ4n) is 1.58. The second-order valence-corrected chi connectivity index (χ2v) is 3.49. The molecule has 1 aliphatic rings. The van der Waals surface area contributed by atoms with E-state index < -0.39 is 0 Å². The molecular formula is C8H14N4O. The van der Waals surface area contributed by atoms with Gasteiger partial charge in [0.2, 0.25) is 0 Å². The van der Waals surface area contributed by atoms with E-state index in [1.165, 1.54) is 0 Å². The van der Waals surface area contributed by atoms with Crippen LogP contribution < -0.4 is 5.84 Å². The fraction of sp³-hybridized carbons (Fsp3) is 0.625. The summed E-state index contributed by atoms with van der Waals surface area (Å²) in [6, 6.07) is 2.20. The van der Waals surface area contributed by atoms with Crippen molar-refractivity contribution >= 4 is 0 Å². The first kappa shape index (κ1) is 8.68. The average molecular weight is 182 g/mol. The van der Waals surface area contributed by atoms with Gasteiger partial charge in [-0.05, 0) is 13.0 Å². The van der Waals surface area contributed by atoms with Crippen LogP contribution in [-0.4, -0.2) is 25.9 Å². The first-order chi connectivity index (χ1) is 6.20. The largest absolute Gasteiger partial charge is 0.390 e. The van der Waals surface area contributed by atoms with Gasteiger partial charge in [0.1, 0.15) is 0 Å². The molecule has 1 aromatic heterocycles. The highest BCUT2D eigenvalue weighted by Gasteiger charge is 2.21. The van der Waals surface area contributed by atoms with Gasteiger partial charge in [-0.25, -0.2) is 5.01 Å². The Labute approximate surface area is 76.7 Å². The number of nitrogens with two attached hydrogens (primary N) is 1. The van der Waals surface area contributed by atoms with Crippen molar-refractivity contribution in [1.29, 1.82) is 0 Å². The van der Waals surface area contributed by atoms with Crippen molar-refractivity contribution in [2.45, 2.75) is 32.7 Å². The van der Waals surface area contributed by atoms with E-state index in [9.17, 15) is 0 Å². The number of aromatic nitrogens is 2. The molecule has 0 amide bonds. The molecule has 0 saturated heterocycles. The highest BCUT2D eigenvalue weighted by molar-refractivity contribution is 5.11. The molecule has 72 valence electrons. The number of nitrogens with zero attached hydrogens (tertiary/aromatic N) is 3. The molecule has 1 atom stereocenters. The maximum absolute atomic E-state index is 8.90. The minimum absolute atomic E-state index is 0.00104. The number of rotatable bonds is 1. The molecule has 2 rings (SSSR count). The van der Waals surface area contributed by atoms with E-state index in [1.54, 1.807) is 5.01 Å². The van der Waals surface area contributed by atoms with Crippen molar-refractivity contribution in [1.82, 2.24) is 14.8 Å². The predicted molar refractivity (Wildman–Crippen MR) is 47.3 cm³/mol. The summed E-state index contributed by atoms with van der Waals surface area (Å²) in [5.74, 6) is 5.77. The number of hydrogen-bond acceptors (Lipinski definition) is 4. The zero-order valence-electron chi connectivity index (χ0n) is 7.64. The van der Waals surface area contributed by atoms with Gasteiger partial charge in [-0.2, -0.15) is 5.10 Å². The summed E-state index contributed by atoms with van der Waals surface area (Å²) < 4.78 is 1.92. The van der Waals surface area contributed by atoms with E-state index in [-0.39, 0.29) is 6.61 Å². The molecule has 2 heterocycles. The Bertz CT molecular complexity index is 282. The SMILES string of the molecule is C[C@@H]1Cn2nc(CO)cc2CN1N. The smallest absolute Gasteiger partial charge is 0.0882 e. The summed E-state index contributed by atoms with van der Waals surface area (Å²) >= 11 is 0. The predicted octanol–water partition coefficient (Wildman–Crippen LogP) is -0.547. The van der Waals surface area contributed by atoms with Crippen molar-refractivity contribution in [3.8, 4) is 0 Å². The second-order valence-electron chi connectivity index (χ2n) is 3.49. The maximum Gasteiger partial charge on any atom is 0.0882 e. The summed E-state index contributed by atoms with van der Waals surface area (Å²) in [6.07, 6.45) is 0. The highest BCUT2D eigenvalue weighted by atomic mass is 16.3. The molecule has 0 unspecified atom stereocenters. The summed E-state index contributed by atoms with van der Waals surface area (Å²) in [5, 5.41) is 14.9. The Morgan fingerprint density at radius 1 is 1.77 bits per heavy atom. The lowest BCUT2D eigenvalue weighted by Gasteiger charge is -2.29. The van der Waals surface area contributed by atoms with E-state index in [0.29, 0.717) is 12.6 Å². The van der Waals surface area contributed by atoms with Gasteiger partial charge < -0.3 is 5.11 Å². The van der Waals surface area contributed by atoms with Gasteiger partial charge in [-0.1, -0.05) is 0 Å². The molecule has 3 N–H and O–H groups in total. The molecule has 0 radical (unpaired) electrons. The molecular weight excluding hydrogens is 168 g/mol. The number of aliphatic hydroxyl groups is 1. The Balaban J connectivity index is 2.29. The van der Waals surface area contributed by atoms with E-state index in [1.807, 2.05) is 10.7 Å². The van der Waals surface area contributed by atoms with E-state index in [0.717, 1.165) is 17.9 Å². The van der Waals surface area contributed by atoms with Crippen LogP contribution in [0.4, 0.5) is 0 Å². The molecule has 0 spiro atoms. The van der Waals surface area contributed by atoms with Crippen LogP contribution in [0.25, 0.3) is 0 Å². The maximum atomic E-state index is 8.90. The number of fused-ring (bicyclic) bond motifs is 1. The van der Waals surface area contributed by atoms with Crippen molar-refractivity contribution in [2.75, 3.05) is 0 Å². The van der Waals surface area contributed by atoms with Crippen LogP contribution in [0.2, 0.25) is 0 Å².